The summed E-state index contributed by atoms with van der Waals surface area (Å²) in [6.07, 6.45) is 31.0. The van der Waals surface area contributed by atoms with E-state index in [0.29, 0.717) is 0 Å². The molecule has 0 unspecified atom stereocenters. The number of hydrogen-bond donors (Lipinski definition) is 1. The fraction of sp³-hybridized carbons (Fsp3) is 0.889. The molecule has 1 amide bonds. The number of carbonyl (C=O) groups is 1. The summed E-state index contributed by atoms with van der Waals surface area (Å²) >= 11 is 0. The highest BCUT2D eigenvalue weighted by Crippen LogP contribution is 2.19. The predicted molar refractivity (Wildman–Crippen MR) is 130 cm³/mol. The van der Waals surface area contributed by atoms with Gasteiger partial charge in [0.15, 0.2) is 0 Å². The highest BCUT2D eigenvalue weighted by molar-refractivity contribution is 5.86. The van der Waals surface area contributed by atoms with Gasteiger partial charge in [-0.3, -0.25) is 4.79 Å². The zero-order chi connectivity index (χ0) is 21.4. The summed E-state index contributed by atoms with van der Waals surface area (Å²) in [5.74, 6) is -0.265. The highest BCUT2D eigenvalue weighted by Gasteiger charge is 2.02. The molecule has 0 aromatic rings. The SMILES string of the molecule is CCCCCCCCCCCCC(=CC(N)=O)CCCCCCCCCCCC. The van der Waals surface area contributed by atoms with E-state index in [1.807, 2.05) is 0 Å². The molecule has 0 spiro atoms. The van der Waals surface area contributed by atoms with Crippen LogP contribution in [0.2, 0.25) is 0 Å². The minimum Gasteiger partial charge on any atom is -0.366 e. The first kappa shape index (κ1) is 28.2. The van der Waals surface area contributed by atoms with Gasteiger partial charge in [-0.25, -0.2) is 0 Å². The van der Waals surface area contributed by atoms with Gasteiger partial charge in [0.25, 0.3) is 0 Å². The summed E-state index contributed by atoms with van der Waals surface area (Å²) in [6.45, 7) is 4.55. The van der Waals surface area contributed by atoms with E-state index >= 15 is 0 Å². The molecule has 0 aliphatic rings. The van der Waals surface area contributed by atoms with E-state index in [1.165, 1.54) is 134 Å². The second-order valence-corrected chi connectivity index (χ2v) is 9.07. The molecule has 0 radical (unpaired) electrons. The smallest absolute Gasteiger partial charge is 0.241 e. The van der Waals surface area contributed by atoms with Crippen molar-refractivity contribution in [1.82, 2.24) is 0 Å². The molecule has 0 bridgehead atoms. The van der Waals surface area contributed by atoms with E-state index in [-0.39, 0.29) is 5.91 Å². The third-order valence-corrected chi connectivity index (χ3v) is 6.05. The van der Waals surface area contributed by atoms with Crippen molar-refractivity contribution >= 4 is 5.91 Å². The number of allylic oxidation sites excluding steroid dienone is 1. The van der Waals surface area contributed by atoms with Crippen LogP contribution in [0.3, 0.4) is 0 Å². The van der Waals surface area contributed by atoms with Crippen LogP contribution in [0.15, 0.2) is 11.6 Å². The summed E-state index contributed by atoms with van der Waals surface area (Å²) in [4.78, 5) is 11.3. The molecule has 2 N–H and O–H groups in total. The average Bonchev–Trinajstić information content (AvgIpc) is 2.70. The van der Waals surface area contributed by atoms with Crippen molar-refractivity contribution in [2.45, 2.75) is 155 Å². The van der Waals surface area contributed by atoms with Crippen molar-refractivity contribution in [1.29, 1.82) is 0 Å². The number of primary amides is 1. The van der Waals surface area contributed by atoms with Crippen LogP contribution in [-0.4, -0.2) is 5.91 Å². The molecule has 0 rings (SSSR count). The second-order valence-electron chi connectivity index (χ2n) is 9.07. The summed E-state index contributed by atoms with van der Waals surface area (Å²) in [5.41, 5.74) is 6.71. The number of carbonyl (C=O) groups excluding carboxylic acids is 1. The lowest BCUT2D eigenvalue weighted by molar-refractivity contribution is -0.113. The molecule has 0 saturated carbocycles. The molecule has 0 aliphatic carbocycles. The molecule has 0 aromatic heterocycles. The van der Waals surface area contributed by atoms with Gasteiger partial charge in [0.2, 0.25) is 5.91 Å². The van der Waals surface area contributed by atoms with Crippen LogP contribution in [0.25, 0.3) is 0 Å². The first-order chi connectivity index (χ1) is 14.2. The Labute approximate surface area is 183 Å². The maximum absolute atomic E-state index is 11.3. The van der Waals surface area contributed by atoms with Crippen molar-refractivity contribution in [2.75, 3.05) is 0 Å². The minimum atomic E-state index is -0.265. The fourth-order valence-electron chi connectivity index (χ4n) is 4.15. The third-order valence-electron chi connectivity index (χ3n) is 6.05. The molecular formula is C27H53NO. The van der Waals surface area contributed by atoms with Crippen LogP contribution in [-0.2, 0) is 4.79 Å². The van der Waals surface area contributed by atoms with E-state index < -0.39 is 0 Å². The molecule has 0 heterocycles. The normalized spacial score (nSPS) is 11.0. The molecule has 0 aromatic carbocycles. The van der Waals surface area contributed by atoms with E-state index in [9.17, 15) is 4.79 Å². The van der Waals surface area contributed by atoms with Gasteiger partial charge in [-0.2, -0.15) is 0 Å². The van der Waals surface area contributed by atoms with Gasteiger partial charge in [0, 0.05) is 6.08 Å². The summed E-state index contributed by atoms with van der Waals surface area (Å²) in [5, 5.41) is 0. The quantitative estimate of drug-likeness (QED) is 0.133. The molecule has 0 aliphatic heterocycles. The van der Waals surface area contributed by atoms with E-state index in [4.69, 9.17) is 5.73 Å². The molecule has 29 heavy (non-hydrogen) atoms. The number of nitrogens with two attached hydrogens (primary N) is 1. The maximum Gasteiger partial charge on any atom is 0.241 e. The van der Waals surface area contributed by atoms with Crippen molar-refractivity contribution in [3.63, 3.8) is 0 Å². The number of amides is 1. The second kappa shape index (κ2) is 23.5. The monoisotopic (exact) mass is 407 g/mol. The van der Waals surface area contributed by atoms with Crippen molar-refractivity contribution < 1.29 is 4.79 Å². The van der Waals surface area contributed by atoms with Crippen LogP contribution in [0.5, 0.6) is 0 Å². The molecule has 0 atom stereocenters. The lowest BCUT2D eigenvalue weighted by Crippen LogP contribution is -2.07. The van der Waals surface area contributed by atoms with Gasteiger partial charge < -0.3 is 5.73 Å². The van der Waals surface area contributed by atoms with Crippen molar-refractivity contribution in [3.05, 3.63) is 11.6 Å². The summed E-state index contributed by atoms with van der Waals surface area (Å²) in [7, 11) is 0. The third kappa shape index (κ3) is 23.4. The molecule has 0 fully saturated rings. The largest absolute Gasteiger partial charge is 0.366 e. The Balaban J connectivity index is 3.62. The Morgan fingerprint density at radius 1 is 0.517 bits per heavy atom. The minimum absolute atomic E-state index is 0.265. The maximum atomic E-state index is 11.3. The zero-order valence-corrected chi connectivity index (χ0v) is 20.1. The van der Waals surface area contributed by atoms with E-state index in [2.05, 4.69) is 13.8 Å². The number of unbranched alkanes of at least 4 members (excludes halogenated alkanes) is 18. The van der Waals surface area contributed by atoms with Crippen LogP contribution in [0, 0.1) is 0 Å². The predicted octanol–water partition coefficient (Wildman–Crippen LogP) is 9.02. The average molecular weight is 408 g/mol. The van der Waals surface area contributed by atoms with E-state index in [0.717, 1.165) is 12.8 Å². The summed E-state index contributed by atoms with van der Waals surface area (Å²) in [6, 6.07) is 0. The van der Waals surface area contributed by atoms with Gasteiger partial charge in [-0.15, -0.1) is 0 Å². The van der Waals surface area contributed by atoms with Crippen LogP contribution in [0.1, 0.15) is 155 Å². The molecule has 2 heteroatoms. The molecule has 0 saturated heterocycles. The van der Waals surface area contributed by atoms with Crippen LogP contribution in [0.4, 0.5) is 0 Å². The Morgan fingerprint density at radius 3 is 1.07 bits per heavy atom. The number of rotatable bonds is 23. The van der Waals surface area contributed by atoms with E-state index in [1.54, 1.807) is 6.08 Å². The highest BCUT2D eigenvalue weighted by atomic mass is 16.1. The standard InChI is InChI=1S/C27H53NO/c1-3-5-7-9-11-13-15-17-19-21-23-26(25-27(28)29)24-22-20-18-16-14-12-10-8-6-4-2/h25H,3-24H2,1-2H3,(H2,28,29). The molecule has 172 valence electrons. The zero-order valence-electron chi connectivity index (χ0n) is 20.1. The molecule has 2 nitrogen and oxygen atoms in total. The summed E-state index contributed by atoms with van der Waals surface area (Å²) < 4.78 is 0. The Hall–Kier alpha value is -0.790. The first-order valence-corrected chi connectivity index (χ1v) is 13.2. The Morgan fingerprint density at radius 2 is 0.793 bits per heavy atom. The Bertz CT molecular complexity index is 349. The lowest BCUT2D eigenvalue weighted by atomic mass is 9.98. The first-order valence-electron chi connectivity index (χ1n) is 13.2. The van der Waals surface area contributed by atoms with Crippen molar-refractivity contribution in [3.8, 4) is 0 Å². The Kier molecular flexibility index (Phi) is 22.8. The van der Waals surface area contributed by atoms with Gasteiger partial charge in [0.1, 0.15) is 0 Å². The van der Waals surface area contributed by atoms with Gasteiger partial charge in [-0.1, -0.05) is 135 Å². The van der Waals surface area contributed by atoms with Gasteiger partial charge in [0.05, 0.1) is 0 Å². The van der Waals surface area contributed by atoms with Crippen LogP contribution >= 0.6 is 0 Å². The topological polar surface area (TPSA) is 43.1 Å². The lowest BCUT2D eigenvalue weighted by Gasteiger charge is -2.08. The molecular weight excluding hydrogens is 354 g/mol. The van der Waals surface area contributed by atoms with Crippen LogP contribution < -0.4 is 5.73 Å². The van der Waals surface area contributed by atoms with Crippen molar-refractivity contribution in [2.24, 2.45) is 5.73 Å². The van der Waals surface area contributed by atoms with Gasteiger partial charge in [-0.05, 0) is 25.7 Å². The van der Waals surface area contributed by atoms with Gasteiger partial charge >= 0.3 is 0 Å². The number of hydrogen-bond acceptors (Lipinski definition) is 1. The fourth-order valence-corrected chi connectivity index (χ4v) is 4.15.